The number of rotatable bonds is 6. The summed E-state index contributed by atoms with van der Waals surface area (Å²) in [5.41, 5.74) is 0. The fourth-order valence-corrected chi connectivity index (χ4v) is 4.18. The average Bonchev–Trinajstić information content (AvgIpc) is 3.21. The van der Waals surface area contributed by atoms with E-state index in [9.17, 15) is 4.79 Å². The molecule has 1 unspecified atom stereocenters. The van der Waals surface area contributed by atoms with Crippen molar-refractivity contribution in [2.75, 3.05) is 32.8 Å². The minimum atomic E-state index is 0.284. The highest BCUT2D eigenvalue weighted by atomic mass is 32.1. The van der Waals surface area contributed by atoms with Gasteiger partial charge in [0.05, 0.1) is 12.6 Å². The Morgan fingerprint density at radius 2 is 2.22 bits per heavy atom. The Balaban J connectivity index is 1.56. The normalized spacial score (nSPS) is 22.9. The van der Waals surface area contributed by atoms with Gasteiger partial charge in [-0.25, -0.2) is 0 Å². The molecule has 0 spiro atoms. The molecule has 2 aliphatic heterocycles. The molecule has 3 heterocycles. The van der Waals surface area contributed by atoms with Crippen molar-refractivity contribution in [2.24, 2.45) is 5.92 Å². The first kappa shape index (κ1) is 16.9. The summed E-state index contributed by atoms with van der Waals surface area (Å²) in [6.07, 6.45) is 4.85. The smallest absolute Gasteiger partial charge is 0.236 e. The average molecular weight is 337 g/mol. The highest BCUT2D eigenvalue weighted by Gasteiger charge is 2.25. The molecule has 128 valence electrons. The number of piperidine rings is 1. The molecule has 4 nitrogen and oxygen atoms in total. The van der Waals surface area contributed by atoms with Gasteiger partial charge in [0.2, 0.25) is 5.91 Å². The molecule has 5 heteroatoms. The van der Waals surface area contributed by atoms with E-state index in [4.69, 9.17) is 4.74 Å². The monoisotopic (exact) mass is 336 g/mol. The lowest BCUT2D eigenvalue weighted by atomic mass is 9.99. The van der Waals surface area contributed by atoms with Crippen molar-refractivity contribution in [3.63, 3.8) is 0 Å². The van der Waals surface area contributed by atoms with Crippen LogP contribution in [-0.4, -0.2) is 54.6 Å². The Labute approximate surface area is 143 Å². The molecule has 0 radical (unpaired) electrons. The number of amides is 1. The number of carbonyl (C=O) groups is 1. The van der Waals surface area contributed by atoms with Crippen molar-refractivity contribution < 1.29 is 9.53 Å². The molecule has 2 aliphatic rings. The number of ether oxygens (including phenoxy) is 1. The molecule has 0 aromatic carbocycles. The van der Waals surface area contributed by atoms with E-state index >= 15 is 0 Å². The van der Waals surface area contributed by atoms with E-state index in [-0.39, 0.29) is 5.91 Å². The van der Waals surface area contributed by atoms with Gasteiger partial charge in [0.1, 0.15) is 0 Å². The predicted octanol–water partition coefficient (Wildman–Crippen LogP) is 2.99. The molecule has 2 saturated heterocycles. The van der Waals surface area contributed by atoms with Crippen LogP contribution in [0.2, 0.25) is 0 Å². The second kappa shape index (κ2) is 8.27. The molecule has 0 saturated carbocycles. The zero-order valence-electron chi connectivity index (χ0n) is 14.1. The van der Waals surface area contributed by atoms with Crippen molar-refractivity contribution in [2.45, 2.75) is 45.3 Å². The van der Waals surface area contributed by atoms with Gasteiger partial charge in [-0.05, 0) is 43.0 Å². The summed E-state index contributed by atoms with van der Waals surface area (Å²) in [7, 11) is 0. The first-order valence-corrected chi connectivity index (χ1v) is 9.73. The van der Waals surface area contributed by atoms with Crippen LogP contribution in [0.4, 0.5) is 0 Å². The maximum Gasteiger partial charge on any atom is 0.236 e. The minimum absolute atomic E-state index is 0.284. The van der Waals surface area contributed by atoms with Gasteiger partial charge in [-0.3, -0.25) is 9.69 Å². The van der Waals surface area contributed by atoms with Gasteiger partial charge >= 0.3 is 0 Å². The van der Waals surface area contributed by atoms with E-state index in [2.05, 4.69) is 34.2 Å². The molecule has 2 fully saturated rings. The van der Waals surface area contributed by atoms with Crippen molar-refractivity contribution in [1.29, 1.82) is 0 Å². The van der Waals surface area contributed by atoms with Crippen molar-refractivity contribution in [3.8, 4) is 0 Å². The molecule has 1 aromatic heterocycles. The Bertz CT molecular complexity index is 477. The third-order valence-electron chi connectivity index (χ3n) is 4.94. The Hall–Kier alpha value is -0.910. The van der Waals surface area contributed by atoms with Crippen LogP contribution in [0.15, 0.2) is 17.5 Å². The molecular formula is C18H28N2O2S. The molecule has 0 aliphatic carbocycles. The van der Waals surface area contributed by atoms with Gasteiger partial charge in [0, 0.05) is 37.7 Å². The van der Waals surface area contributed by atoms with E-state index in [0.29, 0.717) is 12.6 Å². The second-order valence-electron chi connectivity index (χ2n) is 6.95. The second-order valence-corrected chi connectivity index (χ2v) is 7.98. The van der Waals surface area contributed by atoms with Crippen LogP contribution in [0.1, 0.15) is 37.5 Å². The van der Waals surface area contributed by atoms with Gasteiger partial charge in [-0.15, -0.1) is 11.3 Å². The zero-order valence-corrected chi connectivity index (χ0v) is 14.9. The summed E-state index contributed by atoms with van der Waals surface area (Å²) in [4.78, 5) is 18.3. The maximum atomic E-state index is 12.7. The Kier molecular flexibility index (Phi) is 6.08. The lowest BCUT2D eigenvalue weighted by Gasteiger charge is -2.33. The van der Waals surface area contributed by atoms with E-state index in [1.807, 2.05) is 0 Å². The number of carbonyl (C=O) groups excluding carboxylic acids is 1. The summed E-state index contributed by atoms with van der Waals surface area (Å²) in [6.45, 7) is 7.24. The van der Waals surface area contributed by atoms with Crippen molar-refractivity contribution in [3.05, 3.63) is 22.4 Å². The van der Waals surface area contributed by atoms with Crippen LogP contribution in [0.25, 0.3) is 0 Å². The van der Waals surface area contributed by atoms with E-state index < -0.39 is 0 Å². The van der Waals surface area contributed by atoms with Crippen LogP contribution in [0.5, 0.6) is 0 Å². The first-order chi connectivity index (χ1) is 11.2. The molecule has 1 aromatic rings. The fraction of sp³-hybridized carbons (Fsp3) is 0.722. The van der Waals surface area contributed by atoms with Gasteiger partial charge < -0.3 is 9.64 Å². The number of hydrogen-bond acceptors (Lipinski definition) is 4. The summed E-state index contributed by atoms with van der Waals surface area (Å²) in [5.74, 6) is 1.04. The third kappa shape index (κ3) is 5.03. The summed E-state index contributed by atoms with van der Waals surface area (Å²) >= 11 is 1.76. The molecule has 0 N–H and O–H groups in total. The summed E-state index contributed by atoms with van der Waals surface area (Å²) < 4.78 is 5.78. The van der Waals surface area contributed by atoms with E-state index in [0.717, 1.165) is 64.4 Å². The molecular weight excluding hydrogens is 308 g/mol. The standard InChI is InChI=1S/C18H28N2O2S/c1-15-6-8-20(9-7-15)18(21)14-19(12-16-4-2-10-22-16)13-17-5-3-11-23-17/h3,5,11,15-16H,2,4,6-10,12-14H2,1H3. The van der Waals surface area contributed by atoms with Gasteiger partial charge in [-0.1, -0.05) is 13.0 Å². The summed E-state index contributed by atoms with van der Waals surface area (Å²) in [5, 5.41) is 2.10. The predicted molar refractivity (Wildman–Crippen MR) is 93.5 cm³/mol. The lowest BCUT2D eigenvalue weighted by Crippen LogP contribution is -2.45. The Morgan fingerprint density at radius 3 is 2.87 bits per heavy atom. The quantitative estimate of drug-likeness (QED) is 0.801. The SMILES string of the molecule is CC1CCN(C(=O)CN(Cc2cccs2)CC2CCCO2)CC1. The van der Waals surface area contributed by atoms with Gasteiger partial charge in [-0.2, -0.15) is 0 Å². The van der Waals surface area contributed by atoms with Crippen LogP contribution >= 0.6 is 11.3 Å². The van der Waals surface area contributed by atoms with Gasteiger partial charge in [0.25, 0.3) is 0 Å². The molecule has 23 heavy (non-hydrogen) atoms. The molecule has 1 amide bonds. The molecule has 0 bridgehead atoms. The lowest BCUT2D eigenvalue weighted by molar-refractivity contribution is -0.134. The van der Waals surface area contributed by atoms with E-state index in [1.165, 1.54) is 4.88 Å². The highest BCUT2D eigenvalue weighted by Crippen LogP contribution is 2.19. The minimum Gasteiger partial charge on any atom is -0.377 e. The van der Waals surface area contributed by atoms with Crippen LogP contribution < -0.4 is 0 Å². The number of likely N-dealkylation sites (tertiary alicyclic amines) is 1. The number of nitrogens with zero attached hydrogens (tertiary/aromatic N) is 2. The zero-order chi connectivity index (χ0) is 16.1. The molecule has 1 atom stereocenters. The first-order valence-electron chi connectivity index (χ1n) is 8.85. The number of hydrogen-bond donors (Lipinski definition) is 0. The van der Waals surface area contributed by atoms with E-state index in [1.54, 1.807) is 11.3 Å². The fourth-order valence-electron chi connectivity index (χ4n) is 3.43. The largest absolute Gasteiger partial charge is 0.377 e. The topological polar surface area (TPSA) is 32.8 Å². The van der Waals surface area contributed by atoms with Crippen LogP contribution in [0, 0.1) is 5.92 Å². The highest BCUT2D eigenvalue weighted by molar-refractivity contribution is 7.09. The van der Waals surface area contributed by atoms with Crippen LogP contribution in [0.3, 0.4) is 0 Å². The van der Waals surface area contributed by atoms with Crippen LogP contribution in [-0.2, 0) is 16.1 Å². The van der Waals surface area contributed by atoms with Gasteiger partial charge in [0.15, 0.2) is 0 Å². The van der Waals surface area contributed by atoms with Crippen molar-refractivity contribution >= 4 is 17.2 Å². The number of thiophene rings is 1. The van der Waals surface area contributed by atoms with Crippen molar-refractivity contribution in [1.82, 2.24) is 9.80 Å². The third-order valence-corrected chi connectivity index (χ3v) is 5.80. The maximum absolute atomic E-state index is 12.7. The molecule has 3 rings (SSSR count). The Morgan fingerprint density at radius 1 is 1.39 bits per heavy atom. The summed E-state index contributed by atoms with van der Waals surface area (Å²) in [6, 6.07) is 4.23.